The van der Waals surface area contributed by atoms with Crippen LogP contribution in [0.5, 0.6) is 0 Å². The standard InChI is InChI=1S/C26H15F3N4O/c27-26(28,29)18-2-1-3-21(12-18)33-24(34)11-6-17-15-31-23-10-9-20(13-22(23)25(17)33)32-19-7-4-16(14-30)5-8-19/h1-13,15,32H. The Hall–Kier alpha value is -4.64. The molecule has 3 aromatic carbocycles. The molecule has 2 aromatic heterocycles. The van der Waals surface area contributed by atoms with E-state index in [1.165, 1.54) is 22.8 Å². The average molecular weight is 456 g/mol. The Morgan fingerprint density at radius 3 is 2.41 bits per heavy atom. The average Bonchev–Trinajstić information content (AvgIpc) is 2.84. The van der Waals surface area contributed by atoms with E-state index in [0.717, 1.165) is 17.8 Å². The molecule has 0 fully saturated rings. The third-order valence-electron chi connectivity index (χ3n) is 5.45. The molecule has 0 unspecified atom stereocenters. The molecule has 0 saturated heterocycles. The second-order valence-corrected chi connectivity index (χ2v) is 7.66. The number of nitriles is 1. The zero-order valence-corrected chi connectivity index (χ0v) is 17.5. The maximum Gasteiger partial charge on any atom is 0.416 e. The Morgan fingerprint density at radius 2 is 1.68 bits per heavy atom. The van der Waals surface area contributed by atoms with E-state index in [4.69, 9.17) is 5.26 Å². The first kappa shape index (κ1) is 21.2. The number of aromatic nitrogens is 2. The summed E-state index contributed by atoms with van der Waals surface area (Å²) in [7, 11) is 0. The topological polar surface area (TPSA) is 70.7 Å². The van der Waals surface area contributed by atoms with E-state index in [1.54, 1.807) is 48.7 Å². The van der Waals surface area contributed by atoms with Crippen LogP contribution in [0.3, 0.4) is 0 Å². The molecule has 0 spiro atoms. The largest absolute Gasteiger partial charge is 0.416 e. The zero-order chi connectivity index (χ0) is 23.9. The van der Waals surface area contributed by atoms with Gasteiger partial charge in [-0.2, -0.15) is 18.4 Å². The lowest BCUT2D eigenvalue weighted by molar-refractivity contribution is -0.137. The van der Waals surface area contributed by atoms with Crippen molar-refractivity contribution in [3.63, 3.8) is 0 Å². The van der Waals surface area contributed by atoms with Crippen LogP contribution in [-0.4, -0.2) is 9.55 Å². The summed E-state index contributed by atoms with van der Waals surface area (Å²) >= 11 is 0. The molecule has 5 aromatic rings. The van der Waals surface area contributed by atoms with Crippen molar-refractivity contribution in [2.45, 2.75) is 6.18 Å². The van der Waals surface area contributed by atoms with Crippen LogP contribution in [0.25, 0.3) is 27.5 Å². The van der Waals surface area contributed by atoms with Gasteiger partial charge in [0.15, 0.2) is 0 Å². The van der Waals surface area contributed by atoms with E-state index in [1.807, 2.05) is 6.07 Å². The number of anilines is 2. The zero-order valence-electron chi connectivity index (χ0n) is 17.5. The van der Waals surface area contributed by atoms with Gasteiger partial charge in [-0.1, -0.05) is 6.07 Å². The molecule has 8 heteroatoms. The highest BCUT2D eigenvalue weighted by molar-refractivity contribution is 6.05. The second kappa shape index (κ2) is 8.05. The van der Waals surface area contributed by atoms with Gasteiger partial charge in [0.25, 0.3) is 5.56 Å². The van der Waals surface area contributed by atoms with Crippen LogP contribution in [0.2, 0.25) is 0 Å². The molecule has 0 bridgehead atoms. The fourth-order valence-corrected chi connectivity index (χ4v) is 3.86. The lowest BCUT2D eigenvalue weighted by Gasteiger charge is -2.15. The first-order valence-corrected chi connectivity index (χ1v) is 10.2. The van der Waals surface area contributed by atoms with Gasteiger partial charge in [0.2, 0.25) is 0 Å². The van der Waals surface area contributed by atoms with Gasteiger partial charge in [0.05, 0.1) is 28.2 Å². The predicted molar refractivity (Wildman–Crippen MR) is 124 cm³/mol. The van der Waals surface area contributed by atoms with Crippen molar-refractivity contribution in [3.8, 4) is 11.8 Å². The first-order chi connectivity index (χ1) is 16.3. The molecule has 34 heavy (non-hydrogen) atoms. The highest BCUT2D eigenvalue weighted by Crippen LogP contribution is 2.32. The summed E-state index contributed by atoms with van der Waals surface area (Å²) in [4.78, 5) is 17.3. The molecule has 0 aliphatic heterocycles. The van der Waals surface area contributed by atoms with Gasteiger partial charge in [-0.05, 0) is 66.7 Å². The van der Waals surface area contributed by atoms with E-state index >= 15 is 0 Å². The number of rotatable bonds is 3. The molecule has 1 N–H and O–H groups in total. The number of nitrogens with zero attached hydrogens (tertiary/aromatic N) is 3. The first-order valence-electron chi connectivity index (χ1n) is 10.2. The number of hydrogen-bond donors (Lipinski definition) is 1. The van der Waals surface area contributed by atoms with E-state index in [2.05, 4.69) is 16.4 Å². The Balaban J connectivity index is 1.72. The predicted octanol–water partition coefficient (Wildman–Crippen LogP) is 6.17. The smallest absolute Gasteiger partial charge is 0.356 e. The number of nitrogens with one attached hydrogen (secondary N) is 1. The van der Waals surface area contributed by atoms with Crippen molar-refractivity contribution in [2.75, 3.05) is 5.32 Å². The summed E-state index contributed by atoms with van der Waals surface area (Å²) in [5, 5.41) is 13.4. The summed E-state index contributed by atoms with van der Waals surface area (Å²) in [5.74, 6) is 0. The Bertz CT molecular complexity index is 1650. The molecule has 0 radical (unpaired) electrons. The minimum Gasteiger partial charge on any atom is -0.356 e. The van der Waals surface area contributed by atoms with Crippen molar-refractivity contribution in [3.05, 3.63) is 107 Å². The quantitative estimate of drug-likeness (QED) is 0.330. The Labute approximate surface area is 191 Å². The molecule has 5 rings (SSSR count). The van der Waals surface area contributed by atoms with E-state index in [-0.39, 0.29) is 5.69 Å². The van der Waals surface area contributed by atoms with Crippen LogP contribution in [0.4, 0.5) is 24.5 Å². The van der Waals surface area contributed by atoms with Crippen molar-refractivity contribution >= 4 is 33.2 Å². The van der Waals surface area contributed by atoms with Gasteiger partial charge in [0, 0.05) is 40.1 Å². The summed E-state index contributed by atoms with van der Waals surface area (Å²) in [6.45, 7) is 0. The minimum atomic E-state index is -4.54. The fraction of sp³-hybridized carbons (Fsp3) is 0.0385. The lowest BCUT2D eigenvalue weighted by atomic mass is 10.1. The second-order valence-electron chi connectivity index (χ2n) is 7.66. The van der Waals surface area contributed by atoms with Gasteiger partial charge >= 0.3 is 6.18 Å². The molecular weight excluding hydrogens is 441 g/mol. The van der Waals surface area contributed by atoms with Gasteiger partial charge in [-0.25, -0.2) is 0 Å². The van der Waals surface area contributed by atoms with Crippen LogP contribution >= 0.6 is 0 Å². The number of alkyl halides is 3. The van der Waals surface area contributed by atoms with Gasteiger partial charge < -0.3 is 5.32 Å². The third-order valence-corrected chi connectivity index (χ3v) is 5.45. The van der Waals surface area contributed by atoms with Gasteiger partial charge in [-0.15, -0.1) is 0 Å². The maximum atomic E-state index is 13.3. The maximum absolute atomic E-state index is 13.3. The number of benzene rings is 3. The molecule has 0 saturated carbocycles. The van der Waals surface area contributed by atoms with Crippen molar-refractivity contribution in [1.82, 2.24) is 9.55 Å². The van der Waals surface area contributed by atoms with E-state index in [9.17, 15) is 18.0 Å². The fourth-order valence-electron chi connectivity index (χ4n) is 3.86. The molecule has 0 atom stereocenters. The van der Waals surface area contributed by atoms with Crippen molar-refractivity contribution in [2.24, 2.45) is 0 Å². The van der Waals surface area contributed by atoms with Crippen LogP contribution in [0, 0.1) is 11.3 Å². The number of fused-ring (bicyclic) bond motifs is 3. The lowest BCUT2D eigenvalue weighted by Crippen LogP contribution is -2.18. The number of hydrogen-bond acceptors (Lipinski definition) is 4. The molecule has 2 heterocycles. The summed E-state index contributed by atoms with van der Waals surface area (Å²) < 4.78 is 41.3. The van der Waals surface area contributed by atoms with Gasteiger partial charge in [-0.3, -0.25) is 14.3 Å². The summed E-state index contributed by atoms with van der Waals surface area (Å²) in [5.41, 5.74) is 1.85. The highest BCUT2D eigenvalue weighted by Gasteiger charge is 2.30. The van der Waals surface area contributed by atoms with Crippen LogP contribution in [0.15, 0.2) is 89.9 Å². The Morgan fingerprint density at radius 1 is 0.912 bits per heavy atom. The SMILES string of the molecule is N#Cc1ccc(Nc2ccc3ncc4ccc(=O)n(-c5cccc(C(F)(F)F)c5)c4c3c2)cc1. The Kier molecular flexibility index (Phi) is 5.02. The van der Waals surface area contributed by atoms with Crippen LogP contribution in [-0.2, 0) is 6.18 Å². The van der Waals surface area contributed by atoms with Crippen molar-refractivity contribution < 1.29 is 13.2 Å². The van der Waals surface area contributed by atoms with Crippen LogP contribution < -0.4 is 10.9 Å². The van der Waals surface area contributed by atoms with E-state index < -0.39 is 17.3 Å². The summed E-state index contributed by atoms with van der Waals surface area (Å²) in [6.07, 6.45) is -2.94. The molecular formula is C26H15F3N4O. The third kappa shape index (κ3) is 3.84. The van der Waals surface area contributed by atoms with E-state index in [0.29, 0.717) is 33.1 Å². The van der Waals surface area contributed by atoms with Crippen molar-refractivity contribution in [1.29, 1.82) is 5.26 Å². The monoisotopic (exact) mass is 456 g/mol. The molecule has 166 valence electrons. The highest BCUT2D eigenvalue weighted by atomic mass is 19.4. The van der Waals surface area contributed by atoms with Gasteiger partial charge in [0.1, 0.15) is 0 Å². The normalized spacial score (nSPS) is 11.5. The van der Waals surface area contributed by atoms with Crippen LogP contribution in [0.1, 0.15) is 11.1 Å². The number of pyridine rings is 2. The summed E-state index contributed by atoms with van der Waals surface area (Å²) in [6, 6.07) is 22.0. The molecule has 0 aliphatic carbocycles. The molecule has 0 aliphatic rings. The molecule has 5 nitrogen and oxygen atoms in total. The number of halogens is 3. The molecule has 0 amide bonds. The minimum absolute atomic E-state index is 0.114.